The number of carbonyl (C=O) groups is 2. The van der Waals surface area contributed by atoms with Crippen LogP contribution in [0.25, 0.3) is 21.5 Å². The van der Waals surface area contributed by atoms with Gasteiger partial charge in [-0.2, -0.15) is 5.10 Å². The molecule has 1 aromatic carbocycles. The molecule has 0 saturated carbocycles. The van der Waals surface area contributed by atoms with E-state index in [0.717, 1.165) is 30.8 Å². The highest BCUT2D eigenvalue weighted by Crippen LogP contribution is 2.32. The molecule has 1 saturated heterocycles. The number of likely N-dealkylation sites (tertiary alicyclic amines) is 1. The molecular weight excluding hydrogens is 530 g/mol. The van der Waals surface area contributed by atoms with E-state index < -0.39 is 6.16 Å². The molecule has 1 aliphatic rings. The maximum Gasteiger partial charge on any atom is 0.513 e. The zero-order valence-corrected chi connectivity index (χ0v) is 22.8. The lowest BCUT2D eigenvalue weighted by molar-refractivity contribution is 0.0896. The van der Waals surface area contributed by atoms with E-state index in [9.17, 15) is 9.59 Å². The third-order valence-electron chi connectivity index (χ3n) is 6.59. The van der Waals surface area contributed by atoms with Crippen molar-refractivity contribution in [1.82, 2.24) is 25.2 Å². The molecule has 0 spiro atoms. The highest BCUT2D eigenvalue weighted by molar-refractivity contribution is 7.19. The van der Waals surface area contributed by atoms with Gasteiger partial charge in [0.15, 0.2) is 11.5 Å². The number of nitrogens with zero attached hydrogens (tertiary/aromatic N) is 4. The van der Waals surface area contributed by atoms with E-state index in [0.29, 0.717) is 38.4 Å². The molecule has 0 aliphatic carbocycles. The number of fused-ring (bicyclic) bond motifs is 1. The molecule has 1 fully saturated rings. The highest BCUT2D eigenvalue weighted by Gasteiger charge is 2.25. The number of halogens is 1. The summed E-state index contributed by atoms with van der Waals surface area (Å²) in [4.78, 5) is 28.3. The van der Waals surface area contributed by atoms with Crippen LogP contribution in [0.2, 0.25) is 4.34 Å². The maximum absolute atomic E-state index is 13.4. The number of hydrogen-bond donors (Lipinski definition) is 1. The van der Waals surface area contributed by atoms with Crippen molar-refractivity contribution in [2.24, 2.45) is 0 Å². The first-order valence-corrected chi connectivity index (χ1v) is 13.5. The van der Waals surface area contributed by atoms with Crippen LogP contribution in [0.1, 0.15) is 42.9 Å². The van der Waals surface area contributed by atoms with E-state index in [-0.39, 0.29) is 24.2 Å². The van der Waals surface area contributed by atoms with Crippen LogP contribution in [-0.2, 0) is 11.3 Å². The second-order valence-electron chi connectivity index (χ2n) is 9.41. The van der Waals surface area contributed by atoms with Crippen LogP contribution >= 0.6 is 22.9 Å². The van der Waals surface area contributed by atoms with Crippen molar-refractivity contribution in [3.63, 3.8) is 0 Å². The predicted octanol–water partition coefficient (Wildman–Crippen LogP) is 5.20. The van der Waals surface area contributed by atoms with Crippen LogP contribution in [0.15, 0.2) is 40.9 Å². The number of benzene rings is 1. The fourth-order valence-electron chi connectivity index (χ4n) is 4.56. The normalized spacial score (nSPS) is 14.8. The van der Waals surface area contributed by atoms with E-state index in [2.05, 4.69) is 39.1 Å². The van der Waals surface area contributed by atoms with E-state index in [1.165, 1.54) is 18.4 Å². The fraction of sp³-hybridized carbons (Fsp3) is 0.385. The minimum absolute atomic E-state index is 0.0790. The molecule has 38 heavy (non-hydrogen) atoms. The van der Waals surface area contributed by atoms with Gasteiger partial charge in [0.1, 0.15) is 11.4 Å². The van der Waals surface area contributed by atoms with Gasteiger partial charge in [-0.05, 0) is 51.0 Å². The van der Waals surface area contributed by atoms with Crippen molar-refractivity contribution in [2.45, 2.75) is 45.3 Å². The number of thiophene rings is 1. The summed E-state index contributed by atoms with van der Waals surface area (Å²) in [5.74, 6) is 0.619. The van der Waals surface area contributed by atoms with Gasteiger partial charge in [0.2, 0.25) is 0 Å². The van der Waals surface area contributed by atoms with Crippen molar-refractivity contribution in [1.29, 1.82) is 0 Å². The summed E-state index contributed by atoms with van der Waals surface area (Å²) < 4.78 is 17.6. The summed E-state index contributed by atoms with van der Waals surface area (Å²) in [7, 11) is 1.24. The first-order chi connectivity index (χ1) is 18.3. The number of nitrogens with one attached hydrogen (secondary N) is 1. The maximum atomic E-state index is 13.4. The SMILES string of the molecule is COC(=O)Oc1ccc2c(C(=O)NC3CCN(C(C)C)CC3)nn(Cc3cc(-c4ccc(Cl)s4)on3)c2c1. The van der Waals surface area contributed by atoms with Gasteiger partial charge in [0, 0.05) is 42.7 Å². The number of aromatic nitrogens is 3. The number of piperidine rings is 1. The molecule has 1 amide bonds. The van der Waals surface area contributed by atoms with Crippen LogP contribution in [0.3, 0.4) is 0 Å². The van der Waals surface area contributed by atoms with E-state index >= 15 is 0 Å². The van der Waals surface area contributed by atoms with Gasteiger partial charge in [-0.25, -0.2) is 4.79 Å². The van der Waals surface area contributed by atoms with Gasteiger partial charge in [-0.3, -0.25) is 9.48 Å². The Morgan fingerprint density at radius 3 is 2.68 bits per heavy atom. The van der Waals surface area contributed by atoms with Gasteiger partial charge in [0.05, 0.1) is 28.4 Å². The molecule has 3 aromatic heterocycles. The Labute approximate surface area is 228 Å². The molecular formula is C26H28ClN5O5S. The molecule has 12 heteroatoms. The summed E-state index contributed by atoms with van der Waals surface area (Å²) in [5.41, 5.74) is 1.51. The zero-order valence-electron chi connectivity index (χ0n) is 21.3. The second kappa shape index (κ2) is 11.1. The van der Waals surface area contributed by atoms with Gasteiger partial charge in [-0.1, -0.05) is 16.8 Å². The predicted molar refractivity (Wildman–Crippen MR) is 144 cm³/mol. The zero-order chi connectivity index (χ0) is 26.8. The van der Waals surface area contributed by atoms with Crippen molar-refractivity contribution in [2.75, 3.05) is 20.2 Å². The summed E-state index contributed by atoms with van der Waals surface area (Å²) in [6, 6.07) is 11.0. The topological polar surface area (TPSA) is 112 Å². The number of ether oxygens (including phenoxy) is 2. The molecule has 0 atom stereocenters. The average Bonchev–Trinajstić information content (AvgIpc) is 3.63. The van der Waals surface area contributed by atoms with Gasteiger partial charge in [-0.15, -0.1) is 11.3 Å². The second-order valence-corrected chi connectivity index (χ2v) is 11.1. The van der Waals surface area contributed by atoms with Gasteiger partial charge in [0.25, 0.3) is 5.91 Å². The molecule has 1 N–H and O–H groups in total. The van der Waals surface area contributed by atoms with Crippen LogP contribution in [-0.4, -0.2) is 64.2 Å². The number of hydrogen-bond acceptors (Lipinski definition) is 9. The number of methoxy groups -OCH3 is 1. The first kappa shape index (κ1) is 26.2. The number of carbonyl (C=O) groups excluding carboxylic acids is 2. The summed E-state index contributed by atoms with van der Waals surface area (Å²) >= 11 is 7.45. The smallest absolute Gasteiger partial charge is 0.437 e. The Balaban J connectivity index is 1.42. The molecule has 5 rings (SSSR count). The lowest BCUT2D eigenvalue weighted by Gasteiger charge is -2.34. The third-order valence-corrected chi connectivity index (χ3v) is 7.83. The molecule has 4 aromatic rings. The monoisotopic (exact) mass is 557 g/mol. The van der Waals surface area contributed by atoms with Crippen LogP contribution < -0.4 is 10.1 Å². The molecule has 0 bridgehead atoms. The fourth-order valence-corrected chi connectivity index (χ4v) is 5.55. The Hall–Kier alpha value is -3.41. The Morgan fingerprint density at radius 1 is 1.21 bits per heavy atom. The van der Waals surface area contributed by atoms with E-state index in [1.807, 2.05) is 12.1 Å². The summed E-state index contributed by atoms with van der Waals surface area (Å²) in [6.07, 6.45) is 0.930. The summed E-state index contributed by atoms with van der Waals surface area (Å²) in [6.45, 7) is 6.49. The molecule has 0 radical (unpaired) electrons. The van der Waals surface area contributed by atoms with Crippen LogP contribution in [0, 0.1) is 0 Å². The highest BCUT2D eigenvalue weighted by atomic mass is 35.5. The minimum Gasteiger partial charge on any atom is -0.437 e. The minimum atomic E-state index is -0.836. The van der Waals surface area contributed by atoms with Crippen molar-refractivity contribution in [3.8, 4) is 16.4 Å². The van der Waals surface area contributed by atoms with Crippen LogP contribution in [0.4, 0.5) is 4.79 Å². The molecule has 1 aliphatic heterocycles. The van der Waals surface area contributed by atoms with Crippen molar-refractivity contribution in [3.05, 3.63) is 52.1 Å². The lowest BCUT2D eigenvalue weighted by atomic mass is 10.0. The van der Waals surface area contributed by atoms with E-state index in [1.54, 1.807) is 28.9 Å². The van der Waals surface area contributed by atoms with Crippen molar-refractivity contribution >= 4 is 45.9 Å². The molecule has 10 nitrogen and oxygen atoms in total. The third kappa shape index (κ3) is 5.69. The Bertz CT molecular complexity index is 1450. The van der Waals surface area contributed by atoms with Gasteiger partial charge < -0.3 is 24.2 Å². The Morgan fingerprint density at radius 2 is 2.00 bits per heavy atom. The Kier molecular flexibility index (Phi) is 7.68. The standard InChI is InChI=1S/C26H28ClN5O5S/c1-15(2)31-10-8-16(9-11-31)28-25(33)24-19-5-4-18(36-26(34)35-3)13-20(19)32(29-24)14-17-12-21(37-30-17)22-6-7-23(27)38-22/h4-7,12-13,15-16H,8-11,14H2,1-3H3,(H,28,33). The van der Waals surface area contributed by atoms with Gasteiger partial charge >= 0.3 is 6.16 Å². The molecule has 200 valence electrons. The average molecular weight is 558 g/mol. The quantitative estimate of drug-likeness (QED) is 0.244. The number of amides is 1. The lowest BCUT2D eigenvalue weighted by Crippen LogP contribution is -2.46. The van der Waals surface area contributed by atoms with E-state index in [4.69, 9.17) is 20.9 Å². The molecule has 4 heterocycles. The largest absolute Gasteiger partial charge is 0.513 e. The summed E-state index contributed by atoms with van der Waals surface area (Å²) in [5, 5.41) is 12.6. The molecule has 0 unspecified atom stereocenters. The van der Waals surface area contributed by atoms with Crippen molar-refractivity contribution < 1.29 is 23.6 Å². The first-order valence-electron chi connectivity index (χ1n) is 12.3. The number of rotatable bonds is 7. The van der Waals surface area contributed by atoms with Crippen LogP contribution in [0.5, 0.6) is 5.75 Å².